The molecule has 0 saturated carbocycles. The molecule has 2 N–H and O–H groups in total. The minimum atomic E-state index is -0.0104. The van der Waals surface area contributed by atoms with Crippen LogP contribution >= 0.6 is 0 Å². The molecule has 0 rings (SSSR count). The number of amidine groups is 1. The molecule has 0 aliphatic rings. The fraction of sp³-hybridized carbons (Fsp3) is 0.889. The van der Waals surface area contributed by atoms with Crippen LogP contribution < -0.4 is 5.73 Å². The zero-order chi connectivity index (χ0) is 9.56. The molecule has 0 saturated heterocycles. The van der Waals surface area contributed by atoms with E-state index >= 15 is 0 Å². The fourth-order valence-corrected chi connectivity index (χ4v) is 0.886. The van der Waals surface area contributed by atoms with E-state index in [9.17, 15) is 0 Å². The molecule has 0 radical (unpaired) electrons. The third-order valence-corrected chi connectivity index (χ3v) is 1.62. The Labute approximate surface area is 75.0 Å². The van der Waals surface area contributed by atoms with Crippen molar-refractivity contribution >= 4 is 5.84 Å². The van der Waals surface area contributed by atoms with E-state index in [2.05, 4.69) is 18.8 Å². The maximum Gasteiger partial charge on any atom is 0.123 e. The van der Waals surface area contributed by atoms with E-state index < -0.39 is 0 Å². The van der Waals surface area contributed by atoms with E-state index in [0.717, 1.165) is 13.0 Å². The van der Waals surface area contributed by atoms with Crippen LogP contribution in [0.5, 0.6) is 0 Å². The van der Waals surface area contributed by atoms with Gasteiger partial charge in [-0.1, -0.05) is 20.8 Å². The molecular formula is C9H20N2O. The first-order valence-electron chi connectivity index (χ1n) is 4.44. The summed E-state index contributed by atoms with van der Waals surface area (Å²) in [6, 6.07) is 0. The predicted octanol–water partition coefficient (Wildman–Crippen LogP) is 1.42. The summed E-state index contributed by atoms with van der Waals surface area (Å²) in [6.45, 7) is 7.05. The molecule has 1 unspecified atom stereocenters. The maximum atomic E-state index is 5.71. The van der Waals surface area contributed by atoms with Crippen LogP contribution in [0.3, 0.4) is 0 Å². The quantitative estimate of drug-likeness (QED) is 0.503. The molecule has 1 atom stereocenters. The second-order valence-corrected chi connectivity index (χ2v) is 3.29. The molecule has 0 aliphatic heterocycles. The lowest BCUT2D eigenvalue weighted by Gasteiger charge is -2.12. The van der Waals surface area contributed by atoms with Crippen LogP contribution in [0.25, 0.3) is 0 Å². The molecule has 72 valence electrons. The molecule has 0 amide bonds. The number of rotatable bonds is 5. The third-order valence-electron chi connectivity index (χ3n) is 1.62. The van der Waals surface area contributed by atoms with Crippen molar-refractivity contribution in [3.8, 4) is 0 Å². The van der Waals surface area contributed by atoms with Gasteiger partial charge in [-0.25, -0.2) is 0 Å². The molecular weight excluding hydrogens is 152 g/mol. The Morgan fingerprint density at radius 2 is 2.08 bits per heavy atom. The summed E-state index contributed by atoms with van der Waals surface area (Å²) in [5.74, 6) is 1.17. The number of hydrogen-bond acceptors (Lipinski definition) is 2. The Morgan fingerprint density at radius 3 is 2.42 bits per heavy atom. The van der Waals surface area contributed by atoms with Crippen molar-refractivity contribution in [3.63, 3.8) is 0 Å². The summed E-state index contributed by atoms with van der Waals surface area (Å²) < 4.78 is 5.14. The summed E-state index contributed by atoms with van der Waals surface area (Å²) >= 11 is 0. The zero-order valence-corrected chi connectivity index (χ0v) is 8.50. The Kier molecular flexibility index (Phi) is 5.72. The topological polar surface area (TPSA) is 47.6 Å². The molecule has 0 fully saturated rings. The van der Waals surface area contributed by atoms with Gasteiger partial charge in [0, 0.05) is 13.7 Å². The van der Waals surface area contributed by atoms with Gasteiger partial charge in [0.15, 0.2) is 0 Å². The number of methoxy groups -OCH3 is 1. The fourth-order valence-electron chi connectivity index (χ4n) is 0.886. The van der Waals surface area contributed by atoms with Gasteiger partial charge in [-0.05, 0) is 12.3 Å². The van der Waals surface area contributed by atoms with E-state index in [0.29, 0.717) is 11.8 Å². The summed E-state index contributed by atoms with van der Waals surface area (Å²) in [5, 5.41) is 0. The van der Waals surface area contributed by atoms with Crippen molar-refractivity contribution < 1.29 is 4.74 Å². The van der Waals surface area contributed by atoms with Gasteiger partial charge < -0.3 is 10.5 Å². The first-order valence-corrected chi connectivity index (χ1v) is 4.44. The van der Waals surface area contributed by atoms with Gasteiger partial charge in [0.2, 0.25) is 0 Å². The lowest BCUT2D eigenvalue weighted by Crippen LogP contribution is -2.30. The van der Waals surface area contributed by atoms with E-state index in [1.165, 1.54) is 0 Å². The van der Waals surface area contributed by atoms with E-state index in [-0.39, 0.29) is 6.10 Å². The zero-order valence-electron chi connectivity index (χ0n) is 8.50. The summed E-state index contributed by atoms with van der Waals surface area (Å²) in [5.41, 5.74) is 5.71. The minimum absolute atomic E-state index is 0.0104. The Balaban J connectivity index is 3.96. The molecule has 0 aromatic rings. The number of nitrogens with two attached hydrogens (primary N) is 1. The van der Waals surface area contributed by atoms with E-state index in [1.807, 2.05) is 6.92 Å². The normalized spacial score (nSPS) is 15.2. The highest BCUT2D eigenvalue weighted by Gasteiger charge is 2.08. The number of ether oxygens (including phenoxy) is 1. The van der Waals surface area contributed by atoms with Crippen molar-refractivity contribution in [3.05, 3.63) is 0 Å². The smallest absolute Gasteiger partial charge is 0.123 e. The van der Waals surface area contributed by atoms with Crippen molar-refractivity contribution in [2.45, 2.75) is 33.3 Å². The average Bonchev–Trinajstić information content (AvgIpc) is 2.03. The molecule has 0 spiro atoms. The van der Waals surface area contributed by atoms with E-state index in [4.69, 9.17) is 10.5 Å². The molecule has 0 aromatic carbocycles. The molecule has 0 bridgehead atoms. The van der Waals surface area contributed by atoms with E-state index in [1.54, 1.807) is 7.11 Å². The molecule has 0 aliphatic carbocycles. The van der Waals surface area contributed by atoms with Gasteiger partial charge in [0.05, 0.1) is 0 Å². The number of hydrogen-bond donors (Lipinski definition) is 1. The van der Waals surface area contributed by atoms with Crippen LogP contribution in [0.1, 0.15) is 27.2 Å². The average molecular weight is 172 g/mol. The van der Waals surface area contributed by atoms with Crippen LogP contribution in [0.15, 0.2) is 4.99 Å². The molecule has 3 nitrogen and oxygen atoms in total. The van der Waals surface area contributed by atoms with Gasteiger partial charge in [0.1, 0.15) is 11.9 Å². The summed E-state index contributed by atoms with van der Waals surface area (Å²) in [6.07, 6.45) is 0.868. The van der Waals surface area contributed by atoms with Crippen LogP contribution in [-0.4, -0.2) is 25.6 Å². The van der Waals surface area contributed by atoms with Crippen molar-refractivity contribution in [2.24, 2.45) is 16.6 Å². The molecule has 0 heterocycles. The van der Waals surface area contributed by atoms with Gasteiger partial charge in [-0.15, -0.1) is 0 Å². The lowest BCUT2D eigenvalue weighted by molar-refractivity contribution is 0.151. The van der Waals surface area contributed by atoms with Crippen molar-refractivity contribution in [2.75, 3.05) is 13.7 Å². The standard InChI is InChI=1S/C9H20N2O/c1-5-8(12-4)9(10)11-6-7(2)3/h7-8H,5-6H2,1-4H3,(H2,10,11). The highest BCUT2D eigenvalue weighted by atomic mass is 16.5. The Hall–Kier alpha value is -0.570. The Morgan fingerprint density at radius 1 is 1.50 bits per heavy atom. The first kappa shape index (κ1) is 11.4. The van der Waals surface area contributed by atoms with Crippen LogP contribution in [0, 0.1) is 5.92 Å². The van der Waals surface area contributed by atoms with Gasteiger partial charge in [-0.2, -0.15) is 0 Å². The van der Waals surface area contributed by atoms with Gasteiger partial charge in [-0.3, -0.25) is 4.99 Å². The second kappa shape index (κ2) is 6.00. The molecule has 0 aromatic heterocycles. The molecule has 3 heteroatoms. The van der Waals surface area contributed by atoms with Crippen LogP contribution in [-0.2, 0) is 4.74 Å². The predicted molar refractivity (Wildman–Crippen MR) is 52.4 cm³/mol. The monoisotopic (exact) mass is 172 g/mol. The first-order chi connectivity index (χ1) is 5.61. The summed E-state index contributed by atoms with van der Waals surface area (Å²) in [7, 11) is 1.66. The highest BCUT2D eigenvalue weighted by molar-refractivity contribution is 5.84. The SMILES string of the molecule is CCC(OC)C(N)=NCC(C)C. The largest absolute Gasteiger partial charge is 0.385 e. The van der Waals surface area contributed by atoms with Crippen LogP contribution in [0.4, 0.5) is 0 Å². The van der Waals surface area contributed by atoms with Gasteiger partial charge in [0.25, 0.3) is 0 Å². The van der Waals surface area contributed by atoms with Gasteiger partial charge >= 0.3 is 0 Å². The lowest BCUT2D eigenvalue weighted by atomic mass is 10.2. The number of aliphatic imine (C=N–C) groups is 1. The number of nitrogens with zero attached hydrogens (tertiary/aromatic N) is 1. The Bertz CT molecular complexity index is 139. The second-order valence-electron chi connectivity index (χ2n) is 3.29. The molecule has 12 heavy (non-hydrogen) atoms. The van der Waals surface area contributed by atoms with Crippen molar-refractivity contribution in [1.82, 2.24) is 0 Å². The summed E-state index contributed by atoms with van der Waals surface area (Å²) in [4.78, 5) is 4.24. The van der Waals surface area contributed by atoms with Crippen LogP contribution in [0.2, 0.25) is 0 Å². The van der Waals surface area contributed by atoms with Crippen molar-refractivity contribution in [1.29, 1.82) is 0 Å². The maximum absolute atomic E-state index is 5.71. The highest BCUT2D eigenvalue weighted by Crippen LogP contribution is 1.98. The minimum Gasteiger partial charge on any atom is -0.385 e. The third kappa shape index (κ3) is 4.34.